The van der Waals surface area contributed by atoms with E-state index in [1.165, 1.54) is 0 Å². The summed E-state index contributed by atoms with van der Waals surface area (Å²) in [7, 11) is 0. The average Bonchev–Trinajstić information content (AvgIpc) is 2.63. The molecule has 0 saturated carbocycles. The third-order valence-corrected chi connectivity index (χ3v) is 2.71. The number of hydrogen-bond acceptors (Lipinski definition) is 3. The fourth-order valence-corrected chi connectivity index (χ4v) is 2.01. The maximum Gasteiger partial charge on any atom is 0.215 e. The van der Waals surface area contributed by atoms with Crippen LogP contribution in [0, 0.1) is 0 Å². The summed E-state index contributed by atoms with van der Waals surface area (Å²) in [5.74, 6) is 0.718. The van der Waals surface area contributed by atoms with Crippen LogP contribution in [0.2, 0.25) is 0 Å². The topological polar surface area (TPSA) is 41.8 Å². The SMILES string of the molecule is O=c1c2c1=C1C(=Nc3ccccc31)N=2. The highest BCUT2D eigenvalue weighted by Gasteiger charge is 2.31. The van der Waals surface area contributed by atoms with Gasteiger partial charge in [0.1, 0.15) is 5.36 Å². The number of aliphatic imine (C=N–C) groups is 1. The lowest BCUT2D eigenvalue weighted by atomic mass is 10.1. The molecule has 0 bridgehead atoms. The Morgan fingerprint density at radius 1 is 1.07 bits per heavy atom. The highest BCUT2D eigenvalue weighted by Crippen LogP contribution is 2.33. The molecule has 3 heteroatoms. The van der Waals surface area contributed by atoms with Crippen molar-refractivity contribution < 1.29 is 0 Å². The van der Waals surface area contributed by atoms with Crippen molar-refractivity contribution in [2.45, 2.75) is 0 Å². The van der Waals surface area contributed by atoms with Gasteiger partial charge in [-0.25, -0.2) is 9.98 Å². The molecule has 2 aromatic carbocycles. The van der Waals surface area contributed by atoms with Gasteiger partial charge in [-0.15, -0.1) is 0 Å². The molecule has 0 fully saturated rings. The summed E-state index contributed by atoms with van der Waals surface area (Å²) < 4.78 is 0. The Hall–Kier alpha value is -2.03. The van der Waals surface area contributed by atoms with Crippen LogP contribution in [-0.4, -0.2) is 5.84 Å². The zero-order valence-corrected chi connectivity index (χ0v) is 7.11. The second-order valence-corrected chi connectivity index (χ2v) is 3.49. The molecule has 0 saturated heterocycles. The normalized spacial score (nSPS) is 16.3. The maximum atomic E-state index is 11.2. The number of hydrogen-bond donors (Lipinski definition) is 0. The molecule has 2 aromatic rings. The van der Waals surface area contributed by atoms with Crippen molar-refractivity contribution in [2.75, 3.05) is 0 Å². The Bertz CT molecular complexity index is 743. The third-order valence-electron chi connectivity index (χ3n) is 2.71. The van der Waals surface area contributed by atoms with Crippen molar-refractivity contribution in [2.24, 2.45) is 9.98 Å². The Kier molecular flexibility index (Phi) is 0.803. The minimum Gasteiger partial charge on any atom is -0.287 e. The van der Waals surface area contributed by atoms with Crippen LogP contribution in [0.15, 0.2) is 39.0 Å². The molecule has 0 amide bonds. The molecular weight excluding hydrogens is 176 g/mol. The van der Waals surface area contributed by atoms with E-state index in [-0.39, 0.29) is 5.43 Å². The quantitative estimate of drug-likeness (QED) is 0.553. The maximum absolute atomic E-state index is 11.2. The minimum atomic E-state index is 0.0932. The smallest absolute Gasteiger partial charge is 0.215 e. The van der Waals surface area contributed by atoms with Crippen molar-refractivity contribution in [3.05, 3.63) is 50.6 Å². The summed E-state index contributed by atoms with van der Waals surface area (Å²) in [6.45, 7) is 0. The predicted molar refractivity (Wildman–Crippen MR) is 51.9 cm³/mol. The second kappa shape index (κ2) is 1.75. The van der Waals surface area contributed by atoms with E-state index in [0.29, 0.717) is 5.36 Å². The number of para-hydroxylation sites is 1. The Morgan fingerprint density at radius 2 is 1.93 bits per heavy atom. The summed E-state index contributed by atoms with van der Waals surface area (Å²) in [4.78, 5) is 19.7. The van der Waals surface area contributed by atoms with E-state index in [0.717, 1.165) is 27.9 Å². The van der Waals surface area contributed by atoms with Crippen molar-refractivity contribution in [3.8, 4) is 0 Å². The van der Waals surface area contributed by atoms with Gasteiger partial charge in [-0.2, -0.15) is 0 Å². The van der Waals surface area contributed by atoms with Gasteiger partial charge < -0.3 is 0 Å². The van der Waals surface area contributed by atoms with Gasteiger partial charge >= 0.3 is 0 Å². The third kappa shape index (κ3) is 0.528. The van der Waals surface area contributed by atoms with Gasteiger partial charge in [0.2, 0.25) is 5.43 Å². The van der Waals surface area contributed by atoms with E-state index in [4.69, 9.17) is 0 Å². The summed E-state index contributed by atoms with van der Waals surface area (Å²) in [6.07, 6.45) is 0. The number of benzene rings is 1. The van der Waals surface area contributed by atoms with Crippen LogP contribution in [0.4, 0.5) is 5.69 Å². The van der Waals surface area contributed by atoms with E-state index in [1.54, 1.807) is 0 Å². The summed E-state index contributed by atoms with van der Waals surface area (Å²) in [5, 5.41) is 1.40. The van der Waals surface area contributed by atoms with Crippen LogP contribution < -0.4 is 16.0 Å². The predicted octanol–water partition coefficient (Wildman–Crippen LogP) is -0.202. The van der Waals surface area contributed by atoms with Gasteiger partial charge in [-0.1, -0.05) is 18.2 Å². The molecule has 4 rings (SSSR count). The van der Waals surface area contributed by atoms with Crippen molar-refractivity contribution in [1.82, 2.24) is 0 Å². The standard InChI is InChI=1S/C11H4N2O/c14-10-8-7-5-3-1-2-4-6(5)12-11(7)13-9(8)10/h1-4H. The Morgan fingerprint density at radius 3 is 2.86 bits per heavy atom. The van der Waals surface area contributed by atoms with Crippen LogP contribution in [-0.2, 0) is 0 Å². The number of rotatable bonds is 0. The molecule has 0 unspecified atom stereocenters. The van der Waals surface area contributed by atoms with Crippen molar-refractivity contribution in [3.63, 3.8) is 0 Å². The first-order chi connectivity index (χ1) is 6.86. The number of amidine groups is 1. The van der Waals surface area contributed by atoms with Gasteiger partial charge in [-0.05, 0) is 6.07 Å². The first kappa shape index (κ1) is 6.43. The molecule has 0 radical (unpaired) electrons. The van der Waals surface area contributed by atoms with Crippen LogP contribution in [0.1, 0.15) is 5.56 Å². The summed E-state index contributed by atoms with van der Waals surface area (Å²) in [6, 6.07) is 7.82. The van der Waals surface area contributed by atoms with Gasteiger partial charge in [-0.3, -0.25) is 4.79 Å². The Labute approximate surface area is 78.4 Å². The number of nitrogens with zero attached hydrogens (tertiary/aromatic N) is 2. The lowest BCUT2D eigenvalue weighted by molar-refractivity contribution is 1.48. The first-order valence-corrected chi connectivity index (χ1v) is 4.43. The van der Waals surface area contributed by atoms with E-state index in [2.05, 4.69) is 9.98 Å². The Balaban J connectivity index is 2.24. The average molecular weight is 180 g/mol. The van der Waals surface area contributed by atoms with Crippen LogP contribution in [0.3, 0.4) is 0 Å². The van der Waals surface area contributed by atoms with Gasteiger partial charge in [0.15, 0.2) is 5.84 Å². The van der Waals surface area contributed by atoms with Gasteiger partial charge in [0.05, 0.1) is 10.9 Å². The van der Waals surface area contributed by atoms with Crippen LogP contribution >= 0.6 is 0 Å². The van der Waals surface area contributed by atoms with E-state index in [9.17, 15) is 4.79 Å². The van der Waals surface area contributed by atoms with Crippen LogP contribution in [0.5, 0.6) is 0 Å². The lowest BCUT2D eigenvalue weighted by Gasteiger charge is -1.94. The number of fused-ring (bicyclic) bond motifs is 4. The molecule has 3 nitrogen and oxygen atoms in total. The van der Waals surface area contributed by atoms with E-state index in [1.807, 2.05) is 24.3 Å². The molecule has 0 aliphatic carbocycles. The van der Waals surface area contributed by atoms with Crippen LogP contribution in [0.25, 0.3) is 5.57 Å². The summed E-state index contributed by atoms with van der Waals surface area (Å²) in [5.41, 5.74) is 3.01. The highest BCUT2D eigenvalue weighted by atomic mass is 16.1. The van der Waals surface area contributed by atoms with Crippen molar-refractivity contribution in [1.29, 1.82) is 0 Å². The molecule has 64 valence electrons. The molecule has 0 spiro atoms. The zero-order valence-electron chi connectivity index (χ0n) is 7.11. The fourth-order valence-electron chi connectivity index (χ4n) is 2.01. The zero-order chi connectivity index (χ0) is 9.28. The van der Waals surface area contributed by atoms with E-state index < -0.39 is 0 Å². The first-order valence-electron chi connectivity index (χ1n) is 4.43. The molecule has 0 N–H and O–H groups in total. The van der Waals surface area contributed by atoms with Crippen molar-refractivity contribution >= 4 is 17.1 Å². The monoisotopic (exact) mass is 180 g/mol. The van der Waals surface area contributed by atoms with Gasteiger partial charge in [0, 0.05) is 11.1 Å². The molecule has 2 aliphatic heterocycles. The second-order valence-electron chi connectivity index (χ2n) is 3.49. The molecule has 2 heterocycles. The fraction of sp³-hybridized carbons (Fsp3) is 0. The molecule has 2 aliphatic rings. The van der Waals surface area contributed by atoms with E-state index >= 15 is 0 Å². The molecule has 0 aromatic heterocycles. The highest BCUT2D eigenvalue weighted by molar-refractivity contribution is 6.29. The minimum absolute atomic E-state index is 0.0932. The summed E-state index contributed by atoms with van der Waals surface area (Å²) >= 11 is 0. The molecular formula is C11H4N2O. The van der Waals surface area contributed by atoms with Gasteiger partial charge in [0.25, 0.3) is 0 Å². The largest absolute Gasteiger partial charge is 0.287 e. The lowest BCUT2D eigenvalue weighted by Crippen LogP contribution is -2.06. The molecule has 14 heavy (non-hydrogen) atoms. The molecule has 0 atom stereocenters.